The third kappa shape index (κ3) is 2.97. The van der Waals surface area contributed by atoms with Gasteiger partial charge < -0.3 is 5.32 Å². The second-order valence-electron chi connectivity index (χ2n) is 4.12. The van der Waals surface area contributed by atoms with Crippen molar-refractivity contribution in [3.05, 3.63) is 55.1 Å². The van der Waals surface area contributed by atoms with Gasteiger partial charge in [-0.2, -0.15) is 0 Å². The van der Waals surface area contributed by atoms with Crippen LogP contribution in [0.15, 0.2) is 34.1 Å². The first-order valence-electron chi connectivity index (χ1n) is 5.87. The lowest BCUT2D eigenvalue weighted by atomic mass is 10.0. The van der Waals surface area contributed by atoms with Crippen LogP contribution in [0, 0.1) is 6.92 Å². The Hall–Kier alpha value is -0.350. The first-order chi connectivity index (χ1) is 8.63. The zero-order chi connectivity index (χ0) is 13.1. The fraction of sp³-hybridized carbons (Fsp3) is 0.286. The number of nitrogens with one attached hydrogen (secondary N) is 1. The van der Waals surface area contributed by atoms with Gasteiger partial charge in [-0.1, -0.05) is 36.7 Å². The maximum absolute atomic E-state index is 6.30. The molecule has 1 aromatic heterocycles. The Labute approximate surface area is 125 Å². The summed E-state index contributed by atoms with van der Waals surface area (Å²) in [7, 11) is 0. The topological polar surface area (TPSA) is 12.0 Å². The van der Waals surface area contributed by atoms with Crippen LogP contribution < -0.4 is 5.32 Å². The van der Waals surface area contributed by atoms with Crippen molar-refractivity contribution in [3.63, 3.8) is 0 Å². The van der Waals surface area contributed by atoms with E-state index in [4.69, 9.17) is 11.6 Å². The Balaban J connectivity index is 2.43. The summed E-state index contributed by atoms with van der Waals surface area (Å²) in [6, 6.07) is 10.4. The van der Waals surface area contributed by atoms with Gasteiger partial charge in [0.05, 0.1) is 9.83 Å². The minimum Gasteiger partial charge on any atom is -0.306 e. The number of hydrogen-bond donors (Lipinski definition) is 1. The predicted molar refractivity (Wildman–Crippen MR) is 83.7 cm³/mol. The molecule has 0 bridgehead atoms. The SMILES string of the molecule is CCNC(c1cc(C)c(Br)s1)c1ccccc1Cl. The molecule has 1 nitrogen and oxygen atoms in total. The van der Waals surface area contributed by atoms with E-state index in [2.05, 4.69) is 47.2 Å². The van der Waals surface area contributed by atoms with Gasteiger partial charge in [-0.25, -0.2) is 0 Å². The van der Waals surface area contributed by atoms with Crippen molar-refractivity contribution in [2.75, 3.05) is 6.54 Å². The molecule has 4 heteroatoms. The van der Waals surface area contributed by atoms with Crippen LogP contribution in [0.5, 0.6) is 0 Å². The summed E-state index contributed by atoms with van der Waals surface area (Å²) >= 11 is 11.6. The van der Waals surface area contributed by atoms with E-state index < -0.39 is 0 Å². The Bertz CT molecular complexity index is 519. The van der Waals surface area contributed by atoms with Crippen molar-refractivity contribution in [3.8, 4) is 0 Å². The zero-order valence-electron chi connectivity index (χ0n) is 10.3. The summed E-state index contributed by atoms with van der Waals surface area (Å²) in [5, 5.41) is 4.31. The molecule has 0 spiro atoms. The van der Waals surface area contributed by atoms with Gasteiger partial charge in [0.15, 0.2) is 0 Å². The van der Waals surface area contributed by atoms with Gasteiger partial charge in [0.2, 0.25) is 0 Å². The van der Waals surface area contributed by atoms with Crippen molar-refractivity contribution in [1.82, 2.24) is 5.32 Å². The lowest BCUT2D eigenvalue weighted by Gasteiger charge is -2.18. The van der Waals surface area contributed by atoms with Gasteiger partial charge in [-0.05, 0) is 52.7 Å². The second kappa shape index (κ2) is 6.20. The van der Waals surface area contributed by atoms with Gasteiger partial charge >= 0.3 is 0 Å². The molecule has 96 valence electrons. The van der Waals surface area contributed by atoms with Crippen LogP contribution in [0.3, 0.4) is 0 Å². The molecule has 1 unspecified atom stereocenters. The van der Waals surface area contributed by atoms with Crippen molar-refractivity contribution >= 4 is 38.9 Å². The van der Waals surface area contributed by atoms with Gasteiger partial charge in [0.1, 0.15) is 0 Å². The van der Waals surface area contributed by atoms with Crippen LogP contribution in [0.25, 0.3) is 0 Å². The maximum Gasteiger partial charge on any atom is 0.0731 e. The first kappa shape index (κ1) is 14.1. The average molecular weight is 345 g/mol. The highest BCUT2D eigenvalue weighted by molar-refractivity contribution is 9.11. The molecule has 1 N–H and O–H groups in total. The molecule has 1 heterocycles. The summed E-state index contributed by atoms with van der Waals surface area (Å²) in [5.74, 6) is 0. The summed E-state index contributed by atoms with van der Waals surface area (Å²) in [5.41, 5.74) is 2.40. The number of rotatable bonds is 4. The largest absolute Gasteiger partial charge is 0.306 e. The number of hydrogen-bond acceptors (Lipinski definition) is 2. The lowest BCUT2D eigenvalue weighted by Crippen LogP contribution is -2.21. The summed E-state index contributed by atoms with van der Waals surface area (Å²) in [6.07, 6.45) is 0. The van der Waals surface area contributed by atoms with Crippen molar-refractivity contribution in [1.29, 1.82) is 0 Å². The van der Waals surface area contributed by atoms with Gasteiger partial charge in [-0.15, -0.1) is 11.3 Å². The van der Waals surface area contributed by atoms with Gasteiger partial charge in [-0.3, -0.25) is 0 Å². The Morgan fingerprint density at radius 2 is 2.11 bits per heavy atom. The molecule has 0 radical (unpaired) electrons. The molecule has 18 heavy (non-hydrogen) atoms. The van der Waals surface area contributed by atoms with Crippen LogP contribution in [0.4, 0.5) is 0 Å². The minimum atomic E-state index is 0.165. The van der Waals surface area contributed by atoms with E-state index >= 15 is 0 Å². The lowest BCUT2D eigenvalue weighted by molar-refractivity contribution is 0.639. The van der Waals surface area contributed by atoms with E-state index in [0.717, 1.165) is 17.1 Å². The Morgan fingerprint density at radius 1 is 1.39 bits per heavy atom. The van der Waals surface area contributed by atoms with Crippen LogP contribution in [-0.2, 0) is 0 Å². The predicted octanol–water partition coefficient (Wildman–Crippen LogP) is 5.17. The quantitative estimate of drug-likeness (QED) is 0.806. The van der Waals surface area contributed by atoms with E-state index in [0.29, 0.717) is 0 Å². The summed E-state index contributed by atoms with van der Waals surface area (Å²) < 4.78 is 1.19. The molecule has 0 aliphatic rings. The van der Waals surface area contributed by atoms with Gasteiger partial charge in [0.25, 0.3) is 0 Å². The summed E-state index contributed by atoms with van der Waals surface area (Å²) in [4.78, 5) is 1.29. The molecule has 0 fully saturated rings. The molecule has 2 rings (SSSR count). The minimum absolute atomic E-state index is 0.165. The highest BCUT2D eigenvalue weighted by Crippen LogP contribution is 2.36. The highest BCUT2D eigenvalue weighted by atomic mass is 79.9. The molecule has 0 aliphatic heterocycles. The van der Waals surface area contributed by atoms with E-state index in [1.165, 1.54) is 14.2 Å². The monoisotopic (exact) mass is 343 g/mol. The second-order valence-corrected chi connectivity index (χ2v) is 6.93. The summed E-state index contributed by atoms with van der Waals surface area (Å²) in [6.45, 7) is 5.13. The van der Waals surface area contributed by atoms with E-state index in [-0.39, 0.29) is 6.04 Å². The van der Waals surface area contributed by atoms with Crippen molar-refractivity contribution in [2.45, 2.75) is 19.9 Å². The van der Waals surface area contributed by atoms with Crippen LogP contribution in [-0.4, -0.2) is 6.54 Å². The number of thiophene rings is 1. The van der Waals surface area contributed by atoms with Crippen LogP contribution in [0.1, 0.15) is 29.0 Å². The Morgan fingerprint density at radius 3 is 2.67 bits per heavy atom. The van der Waals surface area contributed by atoms with E-state index in [9.17, 15) is 0 Å². The first-order valence-corrected chi connectivity index (χ1v) is 7.86. The smallest absolute Gasteiger partial charge is 0.0731 e. The molecule has 0 amide bonds. The van der Waals surface area contributed by atoms with Crippen molar-refractivity contribution in [2.24, 2.45) is 0 Å². The molecule has 0 aliphatic carbocycles. The molecular weight excluding hydrogens is 330 g/mol. The normalized spacial score (nSPS) is 12.7. The van der Waals surface area contributed by atoms with Gasteiger partial charge in [0, 0.05) is 9.90 Å². The number of benzene rings is 1. The third-order valence-electron chi connectivity index (χ3n) is 2.79. The molecule has 1 aromatic carbocycles. The van der Waals surface area contributed by atoms with Crippen molar-refractivity contribution < 1.29 is 0 Å². The highest BCUT2D eigenvalue weighted by Gasteiger charge is 2.18. The Kier molecular flexibility index (Phi) is 4.84. The molecule has 2 aromatic rings. The maximum atomic E-state index is 6.30. The van der Waals surface area contributed by atoms with Crippen LogP contribution >= 0.6 is 38.9 Å². The molecule has 1 atom stereocenters. The van der Waals surface area contributed by atoms with E-state index in [1.807, 2.05) is 18.2 Å². The third-order valence-corrected chi connectivity index (χ3v) is 5.33. The van der Waals surface area contributed by atoms with E-state index in [1.54, 1.807) is 11.3 Å². The molecular formula is C14H15BrClNS. The average Bonchev–Trinajstić information content (AvgIpc) is 2.68. The zero-order valence-corrected chi connectivity index (χ0v) is 13.5. The van der Waals surface area contributed by atoms with Crippen LogP contribution in [0.2, 0.25) is 5.02 Å². The standard InChI is InChI=1S/C14H15BrClNS/c1-3-17-13(10-6-4-5-7-11(10)16)12-8-9(2)14(15)18-12/h4-8,13,17H,3H2,1-2H3. The molecule has 0 saturated heterocycles. The fourth-order valence-corrected chi connectivity index (χ4v) is 3.81. The number of aryl methyl sites for hydroxylation is 1. The number of halogens is 2. The molecule has 0 saturated carbocycles. The fourth-order valence-electron chi connectivity index (χ4n) is 1.90.